The molecule has 1 aliphatic heterocycles. The van der Waals surface area contributed by atoms with Gasteiger partial charge in [0.15, 0.2) is 0 Å². The third kappa shape index (κ3) is 3.08. The van der Waals surface area contributed by atoms with Gasteiger partial charge in [-0.1, -0.05) is 18.2 Å². The molecule has 2 heterocycles. The van der Waals surface area contributed by atoms with Crippen molar-refractivity contribution in [2.24, 2.45) is 0 Å². The zero-order valence-electron chi connectivity index (χ0n) is 15.0. The van der Waals surface area contributed by atoms with Crippen molar-refractivity contribution in [3.63, 3.8) is 0 Å². The fourth-order valence-corrected chi connectivity index (χ4v) is 4.61. The average molecular weight is 367 g/mol. The predicted octanol–water partition coefficient (Wildman–Crippen LogP) is 4.50. The van der Waals surface area contributed by atoms with E-state index < -0.39 is 0 Å². The van der Waals surface area contributed by atoms with Crippen molar-refractivity contribution in [1.82, 2.24) is 0 Å². The molecule has 5 heteroatoms. The third-order valence-electron chi connectivity index (χ3n) is 4.85. The molecule has 26 heavy (non-hydrogen) atoms. The van der Waals surface area contributed by atoms with Crippen LogP contribution in [0.3, 0.4) is 0 Å². The molecule has 0 atom stereocenters. The second-order valence-corrected chi connectivity index (χ2v) is 7.44. The van der Waals surface area contributed by atoms with E-state index in [2.05, 4.69) is 30.0 Å². The highest BCUT2D eigenvalue weighted by molar-refractivity contribution is 7.23. The number of hydrogen-bond acceptors (Lipinski definition) is 5. The number of morpholine rings is 1. The molecule has 0 radical (unpaired) electrons. The molecule has 1 fully saturated rings. The van der Waals surface area contributed by atoms with Gasteiger partial charge in [0, 0.05) is 17.8 Å². The number of ether oxygens (including phenoxy) is 2. The summed E-state index contributed by atoms with van der Waals surface area (Å²) in [6.45, 7) is 5.70. The van der Waals surface area contributed by atoms with Crippen LogP contribution in [-0.4, -0.2) is 39.4 Å². The summed E-state index contributed by atoms with van der Waals surface area (Å²) in [5, 5.41) is 2.65. The molecule has 134 valence electrons. The standard InChI is InChI=1S/C21H21NO3S/c1-14-18-13-17(15-3-5-16(6-4-15)21(23)24-2)7-8-19(18)26-20(14)22-9-11-25-12-10-22/h3-8,13H,9-12H2,1-2H3. The van der Waals surface area contributed by atoms with Gasteiger partial charge in [0.05, 0.1) is 30.9 Å². The van der Waals surface area contributed by atoms with Crippen LogP contribution in [0, 0.1) is 6.92 Å². The van der Waals surface area contributed by atoms with E-state index in [1.54, 1.807) is 0 Å². The van der Waals surface area contributed by atoms with Crippen molar-refractivity contribution in [2.45, 2.75) is 6.92 Å². The van der Waals surface area contributed by atoms with Crippen LogP contribution in [0.4, 0.5) is 5.00 Å². The van der Waals surface area contributed by atoms with Crippen LogP contribution in [0.1, 0.15) is 15.9 Å². The van der Waals surface area contributed by atoms with E-state index in [9.17, 15) is 4.79 Å². The average Bonchev–Trinajstić information content (AvgIpc) is 3.04. The van der Waals surface area contributed by atoms with Crippen LogP contribution < -0.4 is 4.90 Å². The smallest absolute Gasteiger partial charge is 0.337 e. The molecular weight excluding hydrogens is 346 g/mol. The summed E-state index contributed by atoms with van der Waals surface area (Å²) in [5.74, 6) is -0.309. The lowest BCUT2D eigenvalue weighted by Crippen LogP contribution is -2.35. The van der Waals surface area contributed by atoms with Gasteiger partial charge in [0.1, 0.15) is 0 Å². The molecule has 0 N–H and O–H groups in total. The van der Waals surface area contributed by atoms with Crippen LogP contribution in [0.15, 0.2) is 42.5 Å². The Bertz CT molecular complexity index is 940. The Hall–Kier alpha value is -2.37. The topological polar surface area (TPSA) is 38.8 Å². The Balaban J connectivity index is 1.69. The van der Waals surface area contributed by atoms with Gasteiger partial charge < -0.3 is 14.4 Å². The molecule has 0 bridgehead atoms. The quantitative estimate of drug-likeness (QED) is 0.639. The summed E-state index contributed by atoms with van der Waals surface area (Å²) in [5.41, 5.74) is 4.15. The summed E-state index contributed by atoms with van der Waals surface area (Å²) in [6.07, 6.45) is 0. The van der Waals surface area contributed by atoms with Crippen molar-refractivity contribution in [3.05, 3.63) is 53.6 Å². The molecule has 4 nitrogen and oxygen atoms in total. The van der Waals surface area contributed by atoms with Gasteiger partial charge in [-0.15, -0.1) is 11.3 Å². The Labute approximate surface area is 157 Å². The summed E-state index contributed by atoms with van der Waals surface area (Å²) in [4.78, 5) is 14.0. The molecular formula is C21H21NO3S. The van der Waals surface area contributed by atoms with Crippen molar-refractivity contribution in [1.29, 1.82) is 0 Å². The summed E-state index contributed by atoms with van der Waals surface area (Å²) >= 11 is 1.85. The van der Waals surface area contributed by atoms with Gasteiger partial charge in [-0.3, -0.25) is 0 Å². The van der Waals surface area contributed by atoms with E-state index in [1.165, 1.54) is 27.8 Å². The normalized spacial score (nSPS) is 14.6. The van der Waals surface area contributed by atoms with Crippen molar-refractivity contribution in [2.75, 3.05) is 38.3 Å². The van der Waals surface area contributed by atoms with Crippen LogP contribution in [0.25, 0.3) is 21.2 Å². The Kier molecular flexibility index (Phi) is 4.66. The summed E-state index contributed by atoms with van der Waals surface area (Å²) in [7, 11) is 1.40. The minimum Gasteiger partial charge on any atom is -0.465 e. The number of methoxy groups -OCH3 is 1. The first kappa shape index (κ1) is 17.1. The van der Waals surface area contributed by atoms with Crippen LogP contribution in [0.2, 0.25) is 0 Å². The molecule has 4 rings (SSSR count). The van der Waals surface area contributed by atoms with Crippen molar-refractivity contribution < 1.29 is 14.3 Å². The first-order valence-corrected chi connectivity index (χ1v) is 9.53. The lowest BCUT2D eigenvalue weighted by molar-refractivity contribution is 0.0601. The molecule has 3 aromatic rings. The minimum absolute atomic E-state index is 0.309. The fourth-order valence-electron chi connectivity index (χ4n) is 3.37. The number of carbonyl (C=O) groups is 1. The van der Waals surface area contributed by atoms with Crippen LogP contribution in [-0.2, 0) is 9.47 Å². The highest BCUT2D eigenvalue weighted by Crippen LogP contribution is 2.39. The molecule has 0 aliphatic carbocycles. The number of carbonyl (C=O) groups excluding carboxylic acids is 1. The molecule has 1 aliphatic rings. The molecule has 2 aromatic carbocycles. The number of benzene rings is 2. The zero-order valence-corrected chi connectivity index (χ0v) is 15.8. The molecule has 1 saturated heterocycles. The van der Waals surface area contributed by atoms with Gasteiger partial charge in [0.25, 0.3) is 0 Å². The lowest BCUT2D eigenvalue weighted by Gasteiger charge is -2.28. The number of aryl methyl sites for hydroxylation is 1. The lowest BCUT2D eigenvalue weighted by atomic mass is 10.0. The molecule has 0 saturated carbocycles. The van der Waals surface area contributed by atoms with E-state index in [0.717, 1.165) is 37.4 Å². The maximum absolute atomic E-state index is 11.6. The fraction of sp³-hybridized carbons (Fsp3) is 0.286. The predicted molar refractivity (Wildman–Crippen MR) is 106 cm³/mol. The van der Waals surface area contributed by atoms with Crippen molar-refractivity contribution in [3.8, 4) is 11.1 Å². The van der Waals surface area contributed by atoms with Gasteiger partial charge in [-0.25, -0.2) is 4.79 Å². The maximum Gasteiger partial charge on any atom is 0.337 e. The largest absolute Gasteiger partial charge is 0.465 e. The minimum atomic E-state index is -0.309. The maximum atomic E-state index is 11.6. The van der Waals surface area contributed by atoms with Gasteiger partial charge in [0.2, 0.25) is 0 Å². The number of hydrogen-bond donors (Lipinski definition) is 0. The number of rotatable bonds is 3. The molecule has 0 spiro atoms. The summed E-state index contributed by atoms with van der Waals surface area (Å²) < 4.78 is 11.5. The Morgan fingerprint density at radius 2 is 1.77 bits per heavy atom. The number of fused-ring (bicyclic) bond motifs is 1. The highest BCUT2D eigenvalue weighted by atomic mass is 32.1. The first-order valence-electron chi connectivity index (χ1n) is 8.72. The van der Waals surface area contributed by atoms with E-state index in [4.69, 9.17) is 9.47 Å². The highest BCUT2D eigenvalue weighted by Gasteiger charge is 2.18. The van der Waals surface area contributed by atoms with Gasteiger partial charge in [-0.05, 0) is 53.3 Å². The van der Waals surface area contributed by atoms with Gasteiger partial charge in [-0.2, -0.15) is 0 Å². The van der Waals surface area contributed by atoms with E-state index in [1.807, 2.05) is 35.6 Å². The first-order chi connectivity index (χ1) is 12.7. The van der Waals surface area contributed by atoms with E-state index in [0.29, 0.717) is 5.56 Å². The number of esters is 1. The molecule has 1 aromatic heterocycles. The van der Waals surface area contributed by atoms with E-state index >= 15 is 0 Å². The summed E-state index contributed by atoms with van der Waals surface area (Å²) in [6, 6.07) is 14.2. The van der Waals surface area contributed by atoms with Crippen LogP contribution in [0.5, 0.6) is 0 Å². The number of thiophene rings is 1. The second-order valence-electron chi connectivity index (χ2n) is 6.41. The number of nitrogens with zero attached hydrogens (tertiary/aromatic N) is 1. The van der Waals surface area contributed by atoms with Gasteiger partial charge >= 0.3 is 5.97 Å². The number of anilines is 1. The Morgan fingerprint density at radius 3 is 2.46 bits per heavy atom. The van der Waals surface area contributed by atoms with E-state index in [-0.39, 0.29) is 5.97 Å². The van der Waals surface area contributed by atoms with Crippen LogP contribution >= 0.6 is 11.3 Å². The third-order valence-corrected chi connectivity index (χ3v) is 6.18. The second kappa shape index (κ2) is 7.09. The van der Waals surface area contributed by atoms with Crippen molar-refractivity contribution >= 4 is 32.4 Å². The zero-order chi connectivity index (χ0) is 18.1. The molecule has 0 unspecified atom stereocenters. The molecule has 0 amide bonds. The monoisotopic (exact) mass is 367 g/mol. The Morgan fingerprint density at radius 1 is 1.08 bits per heavy atom. The SMILES string of the molecule is COC(=O)c1ccc(-c2ccc3sc(N4CCOCC4)c(C)c3c2)cc1.